The highest BCUT2D eigenvalue weighted by atomic mass is 32.2. The van der Waals surface area contributed by atoms with Crippen molar-refractivity contribution in [3.8, 4) is 0 Å². The predicted molar refractivity (Wildman–Crippen MR) is 95.1 cm³/mol. The summed E-state index contributed by atoms with van der Waals surface area (Å²) >= 11 is 1.54. The summed E-state index contributed by atoms with van der Waals surface area (Å²) in [7, 11) is 0. The van der Waals surface area contributed by atoms with Crippen molar-refractivity contribution in [1.29, 1.82) is 0 Å². The van der Waals surface area contributed by atoms with Crippen LogP contribution in [0.2, 0.25) is 0 Å². The van der Waals surface area contributed by atoms with Crippen molar-refractivity contribution in [3.05, 3.63) is 60.2 Å². The molecule has 0 aromatic heterocycles. The Kier molecular flexibility index (Phi) is 5.20. The molecule has 0 saturated heterocycles. The van der Waals surface area contributed by atoms with Crippen molar-refractivity contribution in [1.82, 2.24) is 0 Å². The molecule has 5 heteroatoms. The number of carbonyl (C=O) groups is 2. The summed E-state index contributed by atoms with van der Waals surface area (Å²) < 4.78 is 5.47. The lowest BCUT2D eigenvalue weighted by Crippen LogP contribution is -2.37. The van der Waals surface area contributed by atoms with Crippen LogP contribution in [0, 0.1) is 0 Å². The number of ether oxygens (including phenoxy) is 1. The monoisotopic (exact) mass is 341 g/mol. The molecule has 2 aromatic carbocycles. The Balaban J connectivity index is 1.59. The van der Waals surface area contributed by atoms with Gasteiger partial charge in [0, 0.05) is 11.4 Å². The van der Waals surface area contributed by atoms with Crippen molar-refractivity contribution in [3.63, 3.8) is 0 Å². The van der Waals surface area contributed by atoms with Gasteiger partial charge in [0.2, 0.25) is 5.91 Å². The Morgan fingerprint density at radius 1 is 1.17 bits per heavy atom. The van der Waals surface area contributed by atoms with Crippen LogP contribution in [0.15, 0.2) is 59.5 Å². The van der Waals surface area contributed by atoms with Gasteiger partial charge < -0.3 is 9.64 Å². The summed E-state index contributed by atoms with van der Waals surface area (Å²) in [5.74, 6) is 0.143. The fourth-order valence-corrected chi connectivity index (χ4v) is 3.59. The van der Waals surface area contributed by atoms with Crippen molar-refractivity contribution < 1.29 is 14.3 Å². The number of anilines is 1. The highest BCUT2D eigenvalue weighted by Gasteiger charge is 2.25. The minimum absolute atomic E-state index is 0.0302. The lowest BCUT2D eigenvalue weighted by atomic mass is 10.1. The highest BCUT2D eigenvalue weighted by molar-refractivity contribution is 8.00. The zero-order valence-electron chi connectivity index (χ0n) is 13.5. The first-order chi connectivity index (χ1) is 11.6. The maximum Gasteiger partial charge on any atom is 0.308 e. The summed E-state index contributed by atoms with van der Waals surface area (Å²) in [6.45, 7) is 2.20. The third-order valence-electron chi connectivity index (χ3n) is 3.92. The molecule has 0 saturated carbocycles. The first kappa shape index (κ1) is 16.6. The van der Waals surface area contributed by atoms with E-state index in [1.54, 1.807) is 4.90 Å². The van der Waals surface area contributed by atoms with Crippen molar-refractivity contribution >= 4 is 29.3 Å². The maximum atomic E-state index is 12.2. The van der Waals surface area contributed by atoms with Crippen molar-refractivity contribution in [2.24, 2.45) is 0 Å². The lowest BCUT2D eigenvalue weighted by Gasteiger charge is -2.28. The largest absolute Gasteiger partial charge is 0.458 e. The topological polar surface area (TPSA) is 46.6 Å². The predicted octanol–water partition coefficient (Wildman–Crippen LogP) is 3.82. The molecule has 0 bridgehead atoms. The SMILES string of the molecule is C[C@H](OC(=O)CCN1C(=O)CSc2ccccc21)c1ccccc1. The van der Waals surface area contributed by atoms with Gasteiger partial charge in [0.05, 0.1) is 17.9 Å². The number of rotatable bonds is 5. The summed E-state index contributed by atoms with van der Waals surface area (Å²) in [5.41, 5.74) is 1.84. The van der Waals surface area contributed by atoms with E-state index in [2.05, 4.69) is 0 Å². The highest BCUT2D eigenvalue weighted by Crippen LogP contribution is 2.34. The molecule has 0 aliphatic carbocycles. The minimum atomic E-state index is -0.296. The van der Waals surface area contributed by atoms with Gasteiger partial charge in [-0.3, -0.25) is 9.59 Å². The summed E-state index contributed by atoms with van der Waals surface area (Å²) in [4.78, 5) is 27.0. The van der Waals surface area contributed by atoms with Crippen LogP contribution in [-0.4, -0.2) is 24.2 Å². The van der Waals surface area contributed by atoms with Crippen LogP contribution in [-0.2, 0) is 14.3 Å². The Hall–Kier alpha value is -2.27. The van der Waals surface area contributed by atoms with E-state index in [9.17, 15) is 9.59 Å². The number of amides is 1. The molecule has 1 aliphatic heterocycles. The van der Waals surface area contributed by atoms with E-state index in [4.69, 9.17) is 4.74 Å². The second-order valence-electron chi connectivity index (χ2n) is 5.59. The number of fused-ring (bicyclic) bond motifs is 1. The van der Waals surface area contributed by atoms with E-state index in [0.717, 1.165) is 16.1 Å². The molecule has 3 rings (SSSR count). The van der Waals surface area contributed by atoms with E-state index in [1.807, 2.05) is 61.5 Å². The lowest BCUT2D eigenvalue weighted by molar-refractivity contribution is -0.148. The van der Waals surface area contributed by atoms with E-state index < -0.39 is 0 Å². The van der Waals surface area contributed by atoms with E-state index >= 15 is 0 Å². The number of esters is 1. The Bertz CT molecular complexity index is 732. The molecule has 1 heterocycles. The normalized spacial score (nSPS) is 14.9. The average Bonchev–Trinajstić information content (AvgIpc) is 2.61. The summed E-state index contributed by atoms with van der Waals surface area (Å²) in [5, 5.41) is 0. The molecule has 124 valence electrons. The van der Waals surface area contributed by atoms with Gasteiger partial charge in [-0.2, -0.15) is 0 Å². The molecular formula is C19H19NO3S. The molecular weight excluding hydrogens is 322 g/mol. The van der Waals surface area contributed by atoms with Gasteiger partial charge in [-0.25, -0.2) is 0 Å². The van der Waals surface area contributed by atoms with Gasteiger partial charge in [0.1, 0.15) is 6.10 Å². The standard InChI is InChI=1S/C19H19NO3S/c1-14(15-7-3-2-4-8-15)23-19(22)11-12-20-16-9-5-6-10-17(16)24-13-18(20)21/h2-10,14H,11-13H2,1H3/t14-/m0/s1. The van der Waals surface area contributed by atoms with E-state index in [0.29, 0.717) is 12.3 Å². The molecule has 24 heavy (non-hydrogen) atoms. The number of benzene rings is 2. The molecule has 1 aliphatic rings. The van der Waals surface area contributed by atoms with Crippen LogP contribution in [0.5, 0.6) is 0 Å². The van der Waals surface area contributed by atoms with Crippen LogP contribution >= 0.6 is 11.8 Å². The van der Waals surface area contributed by atoms with Gasteiger partial charge in [0.15, 0.2) is 0 Å². The number of hydrogen-bond donors (Lipinski definition) is 0. The van der Waals surface area contributed by atoms with Crippen LogP contribution in [0.1, 0.15) is 25.0 Å². The third kappa shape index (κ3) is 3.79. The van der Waals surface area contributed by atoms with Gasteiger partial charge in [-0.05, 0) is 24.6 Å². The molecule has 0 spiro atoms. The summed E-state index contributed by atoms with van der Waals surface area (Å²) in [6, 6.07) is 17.4. The first-order valence-corrected chi connectivity index (χ1v) is 8.90. The minimum Gasteiger partial charge on any atom is -0.458 e. The third-order valence-corrected chi connectivity index (χ3v) is 4.97. The van der Waals surface area contributed by atoms with Gasteiger partial charge in [-0.1, -0.05) is 42.5 Å². The molecule has 1 amide bonds. The second-order valence-corrected chi connectivity index (χ2v) is 6.61. The fourth-order valence-electron chi connectivity index (χ4n) is 2.65. The Morgan fingerprint density at radius 3 is 2.67 bits per heavy atom. The van der Waals surface area contributed by atoms with Gasteiger partial charge in [-0.15, -0.1) is 11.8 Å². The summed E-state index contributed by atoms with van der Waals surface area (Å²) in [6.07, 6.45) is -0.111. The zero-order chi connectivity index (χ0) is 16.9. The number of hydrogen-bond acceptors (Lipinski definition) is 4. The van der Waals surface area contributed by atoms with E-state index in [1.165, 1.54) is 11.8 Å². The maximum absolute atomic E-state index is 12.2. The van der Waals surface area contributed by atoms with Crippen LogP contribution in [0.3, 0.4) is 0 Å². The van der Waals surface area contributed by atoms with Crippen molar-refractivity contribution in [2.75, 3.05) is 17.2 Å². The van der Waals surface area contributed by atoms with Gasteiger partial charge >= 0.3 is 5.97 Å². The number of carbonyl (C=O) groups excluding carboxylic acids is 2. The molecule has 1 atom stereocenters. The smallest absolute Gasteiger partial charge is 0.308 e. The Labute approximate surface area is 145 Å². The van der Waals surface area contributed by atoms with Crippen LogP contribution < -0.4 is 4.90 Å². The average molecular weight is 341 g/mol. The molecule has 2 aromatic rings. The number of thioether (sulfide) groups is 1. The van der Waals surface area contributed by atoms with Gasteiger partial charge in [0.25, 0.3) is 0 Å². The Morgan fingerprint density at radius 2 is 1.88 bits per heavy atom. The number of para-hydroxylation sites is 1. The second kappa shape index (κ2) is 7.53. The quantitative estimate of drug-likeness (QED) is 0.776. The number of nitrogens with zero attached hydrogens (tertiary/aromatic N) is 1. The molecule has 0 radical (unpaired) electrons. The molecule has 4 nitrogen and oxygen atoms in total. The molecule has 0 N–H and O–H groups in total. The zero-order valence-corrected chi connectivity index (χ0v) is 14.3. The fraction of sp³-hybridized carbons (Fsp3) is 0.263. The first-order valence-electron chi connectivity index (χ1n) is 7.92. The van der Waals surface area contributed by atoms with Crippen LogP contribution in [0.4, 0.5) is 5.69 Å². The van der Waals surface area contributed by atoms with Crippen molar-refractivity contribution in [2.45, 2.75) is 24.3 Å². The van der Waals surface area contributed by atoms with E-state index in [-0.39, 0.29) is 24.4 Å². The molecule has 0 fully saturated rings. The van der Waals surface area contributed by atoms with Crippen LogP contribution in [0.25, 0.3) is 0 Å². The molecule has 0 unspecified atom stereocenters.